The number of carboxylic acids is 1. The molecule has 3 aromatic carbocycles. The van der Waals surface area contributed by atoms with E-state index in [2.05, 4.69) is 0 Å². The van der Waals surface area contributed by atoms with Gasteiger partial charge in [-0.1, -0.05) is 74.0 Å². The Morgan fingerprint density at radius 3 is 2.14 bits per heavy atom. The van der Waals surface area contributed by atoms with Gasteiger partial charge in [0.25, 0.3) is 0 Å². The SMILES string of the molecule is CCCc1c(C(F)(F)F)n(-c2ccccc2)c(=O)n1Cc1ccc(-c2ccccc2C(=O)O)cc1. The molecule has 0 unspecified atom stereocenters. The Morgan fingerprint density at radius 2 is 1.54 bits per heavy atom. The number of hydrogen-bond acceptors (Lipinski definition) is 2. The van der Waals surface area contributed by atoms with Crippen LogP contribution in [-0.2, 0) is 19.1 Å². The molecule has 0 spiro atoms. The first kappa shape index (κ1) is 24.1. The van der Waals surface area contributed by atoms with Crippen LogP contribution in [0, 0.1) is 0 Å². The Kier molecular flexibility index (Phi) is 6.64. The van der Waals surface area contributed by atoms with Gasteiger partial charge in [-0.15, -0.1) is 0 Å². The Balaban J connectivity index is 1.79. The van der Waals surface area contributed by atoms with E-state index in [1.807, 2.05) is 0 Å². The van der Waals surface area contributed by atoms with E-state index in [-0.39, 0.29) is 29.9 Å². The molecule has 1 aromatic heterocycles. The maximum atomic E-state index is 14.2. The molecule has 0 aliphatic carbocycles. The zero-order chi connectivity index (χ0) is 25.2. The number of aromatic nitrogens is 2. The van der Waals surface area contributed by atoms with Crippen LogP contribution in [0.1, 0.15) is 40.7 Å². The molecule has 180 valence electrons. The topological polar surface area (TPSA) is 64.2 Å². The number of alkyl halides is 3. The van der Waals surface area contributed by atoms with Gasteiger partial charge < -0.3 is 5.11 Å². The number of carbonyl (C=O) groups is 1. The Bertz CT molecular complexity index is 1400. The number of nitrogens with zero attached hydrogens (tertiary/aromatic N) is 2. The molecule has 1 N–H and O–H groups in total. The van der Waals surface area contributed by atoms with Crippen molar-refractivity contribution in [3.05, 3.63) is 112 Å². The summed E-state index contributed by atoms with van der Waals surface area (Å²) in [6, 6.07) is 21.2. The summed E-state index contributed by atoms with van der Waals surface area (Å²) in [6.45, 7) is 1.72. The summed E-state index contributed by atoms with van der Waals surface area (Å²) in [6.07, 6.45) is -4.19. The van der Waals surface area contributed by atoms with Crippen LogP contribution in [-0.4, -0.2) is 20.2 Å². The highest BCUT2D eigenvalue weighted by molar-refractivity contribution is 5.95. The summed E-state index contributed by atoms with van der Waals surface area (Å²) in [4.78, 5) is 24.8. The molecule has 0 aliphatic heterocycles. The van der Waals surface area contributed by atoms with Crippen LogP contribution in [0.3, 0.4) is 0 Å². The van der Waals surface area contributed by atoms with Crippen molar-refractivity contribution in [2.45, 2.75) is 32.5 Å². The third-order valence-electron chi connectivity index (χ3n) is 5.78. The minimum absolute atomic E-state index is 0.0437. The number of halogens is 3. The lowest BCUT2D eigenvalue weighted by molar-refractivity contribution is -0.143. The molecule has 5 nitrogen and oxygen atoms in total. The first-order valence-electron chi connectivity index (χ1n) is 11.1. The lowest BCUT2D eigenvalue weighted by Crippen LogP contribution is -2.26. The summed E-state index contributed by atoms with van der Waals surface area (Å²) < 4.78 is 44.4. The molecular formula is C27H23F3N2O3. The van der Waals surface area contributed by atoms with Crippen LogP contribution < -0.4 is 5.69 Å². The average Bonchev–Trinajstić information content (AvgIpc) is 3.12. The molecule has 8 heteroatoms. The summed E-state index contributed by atoms with van der Waals surface area (Å²) in [5, 5.41) is 9.44. The molecule has 35 heavy (non-hydrogen) atoms. The van der Waals surface area contributed by atoms with Crippen molar-refractivity contribution in [3.8, 4) is 16.8 Å². The van der Waals surface area contributed by atoms with Gasteiger partial charge in [-0.05, 0) is 41.3 Å². The van der Waals surface area contributed by atoms with Gasteiger partial charge in [0, 0.05) is 0 Å². The van der Waals surface area contributed by atoms with Gasteiger partial charge in [-0.3, -0.25) is 9.13 Å². The van der Waals surface area contributed by atoms with Crippen LogP contribution in [0.4, 0.5) is 13.2 Å². The number of imidazole rings is 1. The number of para-hydroxylation sites is 1. The predicted molar refractivity (Wildman–Crippen MR) is 127 cm³/mol. The molecule has 0 bridgehead atoms. The molecule has 0 radical (unpaired) electrons. The Labute approximate surface area is 199 Å². The van der Waals surface area contributed by atoms with E-state index in [1.165, 1.54) is 22.8 Å². The third kappa shape index (κ3) is 4.77. The van der Waals surface area contributed by atoms with E-state index in [9.17, 15) is 27.9 Å². The minimum atomic E-state index is -4.71. The summed E-state index contributed by atoms with van der Waals surface area (Å²) in [5.74, 6) is -1.05. The molecule has 0 amide bonds. The van der Waals surface area contributed by atoms with E-state index in [1.54, 1.807) is 67.6 Å². The first-order valence-corrected chi connectivity index (χ1v) is 11.1. The Morgan fingerprint density at radius 1 is 0.914 bits per heavy atom. The number of rotatable bonds is 7. The number of benzene rings is 3. The fraction of sp³-hybridized carbons (Fsp3) is 0.185. The van der Waals surface area contributed by atoms with Crippen LogP contribution in [0.25, 0.3) is 16.8 Å². The fourth-order valence-electron chi connectivity index (χ4n) is 4.24. The molecule has 4 rings (SSSR count). The highest BCUT2D eigenvalue weighted by Gasteiger charge is 2.40. The number of hydrogen-bond donors (Lipinski definition) is 1. The van der Waals surface area contributed by atoms with Crippen LogP contribution in [0.15, 0.2) is 83.7 Å². The van der Waals surface area contributed by atoms with Gasteiger partial charge in [-0.2, -0.15) is 13.2 Å². The molecule has 4 aromatic rings. The summed E-state index contributed by atoms with van der Waals surface area (Å²) in [7, 11) is 0. The van der Waals surface area contributed by atoms with Crippen molar-refractivity contribution >= 4 is 5.97 Å². The van der Waals surface area contributed by atoms with Gasteiger partial charge >= 0.3 is 17.8 Å². The molecule has 0 saturated heterocycles. The second kappa shape index (κ2) is 9.66. The van der Waals surface area contributed by atoms with E-state index in [4.69, 9.17) is 0 Å². The molecule has 1 heterocycles. The number of aromatic carboxylic acids is 1. The zero-order valence-electron chi connectivity index (χ0n) is 18.9. The first-order chi connectivity index (χ1) is 16.7. The van der Waals surface area contributed by atoms with E-state index in [0.717, 1.165) is 4.57 Å². The maximum Gasteiger partial charge on any atom is 0.433 e. The molecule has 0 saturated carbocycles. The zero-order valence-corrected chi connectivity index (χ0v) is 18.9. The van der Waals surface area contributed by atoms with Gasteiger partial charge in [0.1, 0.15) is 0 Å². The van der Waals surface area contributed by atoms with Crippen molar-refractivity contribution in [2.24, 2.45) is 0 Å². The second-order valence-electron chi connectivity index (χ2n) is 8.13. The van der Waals surface area contributed by atoms with Crippen molar-refractivity contribution < 1.29 is 23.1 Å². The fourth-order valence-corrected chi connectivity index (χ4v) is 4.24. The quantitative estimate of drug-likeness (QED) is 0.352. The van der Waals surface area contributed by atoms with Gasteiger partial charge in [0.2, 0.25) is 0 Å². The third-order valence-corrected chi connectivity index (χ3v) is 5.78. The van der Waals surface area contributed by atoms with Crippen LogP contribution >= 0.6 is 0 Å². The van der Waals surface area contributed by atoms with Crippen molar-refractivity contribution in [2.75, 3.05) is 0 Å². The lowest BCUT2D eigenvalue weighted by atomic mass is 9.99. The smallest absolute Gasteiger partial charge is 0.433 e. The molecule has 0 atom stereocenters. The molecule has 0 aliphatic rings. The standard InChI is InChI=1S/C27H23F3N2O3/c1-2-8-23-24(27(28,29)30)32(20-9-4-3-5-10-20)26(35)31(23)17-18-13-15-19(16-14-18)21-11-6-7-12-22(21)25(33)34/h3-7,9-16H,2,8,17H2,1H3,(H,33,34). The summed E-state index contributed by atoms with van der Waals surface area (Å²) in [5.41, 5.74) is 0.345. The molecule has 0 fully saturated rings. The highest BCUT2D eigenvalue weighted by Crippen LogP contribution is 2.34. The van der Waals surface area contributed by atoms with Crippen molar-refractivity contribution in [1.82, 2.24) is 9.13 Å². The highest BCUT2D eigenvalue weighted by atomic mass is 19.4. The van der Waals surface area contributed by atoms with Crippen molar-refractivity contribution in [1.29, 1.82) is 0 Å². The van der Waals surface area contributed by atoms with Crippen LogP contribution in [0.5, 0.6) is 0 Å². The average molecular weight is 480 g/mol. The summed E-state index contributed by atoms with van der Waals surface area (Å²) >= 11 is 0. The van der Waals surface area contributed by atoms with Gasteiger partial charge in [-0.25, -0.2) is 9.59 Å². The van der Waals surface area contributed by atoms with E-state index in [0.29, 0.717) is 23.1 Å². The number of carboxylic acid groups (broad SMARTS) is 1. The lowest BCUT2D eigenvalue weighted by Gasteiger charge is -2.13. The normalized spacial score (nSPS) is 11.5. The van der Waals surface area contributed by atoms with Gasteiger partial charge in [0.15, 0.2) is 5.69 Å². The van der Waals surface area contributed by atoms with E-state index >= 15 is 0 Å². The minimum Gasteiger partial charge on any atom is -0.478 e. The van der Waals surface area contributed by atoms with Gasteiger partial charge in [0.05, 0.1) is 23.5 Å². The molecular weight excluding hydrogens is 457 g/mol. The largest absolute Gasteiger partial charge is 0.478 e. The van der Waals surface area contributed by atoms with E-state index < -0.39 is 23.5 Å². The van der Waals surface area contributed by atoms with Crippen LogP contribution in [0.2, 0.25) is 0 Å². The van der Waals surface area contributed by atoms with Crippen molar-refractivity contribution in [3.63, 3.8) is 0 Å². The monoisotopic (exact) mass is 480 g/mol. The maximum absolute atomic E-state index is 14.2. The Hall–Kier alpha value is -4.07. The second-order valence-corrected chi connectivity index (χ2v) is 8.13. The predicted octanol–water partition coefficient (Wildman–Crippen LogP) is 6.02.